The van der Waals surface area contributed by atoms with Gasteiger partial charge in [0.2, 0.25) is 10.0 Å². The number of ether oxygens (including phenoxy) is 1. The number of nitrogens with zero attached hydrogens (tertiary/aromatic N) is 1. The highest BCUT2D eigenvalue weighted by molar-refractivity contribution is 9.10. The Hall–Kier alpha value is -2.84. The number of rotatable bonds is 9. The number of halogens is 1. The van der Waals surface area contributed by atoms with E-state index in [4.69, 9.17) is 4.74 Å². The van der Waals surface area contributed by atoms with E-state index in [-0.39, 0.29) is 12.5 Å². The Balaban J connectivity index is 1.60. The van der Waals surface area contributed by atoms with Crippen LogP contribution in [-0.2, 0) is 16.6 Å². The van der Waals surface area contributed by atoms with Crippen molar-refractivity contribution >= 4 is 37.5 Å². The molecule has 168 valence electrons. The normalized spacial score (nSPS) is 11.1. The van der Waals surface area contributed by atoms with E-state index in [0.29, 0.717) is 24.4 Å². The molecular weight excluding hydrogens is 492 g/mol. The molecule has 0 heterocycles. The summed E-state index contributed by atoms with van der Waals surface area (Å²) in [5.74, 6) is 0.541. The van der Waals surface area contributed by atoms with Crippen LogP contribution in [-0.4, -0.2) is 33.7 Å². The zero-order chi connectivity index (χ0) is 23.1. The quantitative estimate of drug-likeness (QED) is 0.424. The molecule has 0 aromatic heterocycles. The predicted octanol–water partition coefficient (Wildman–Crippen LogP) is 4.53. The monoisotopic (exact) mass is 516 g/mol. The molecule has 32 heavy (non-hydrogen) atoms. The second kappa shape index (κ2) is 10.7. The SMILES string of the molecule is Cc1cc(N(Cc2ccc(C(=O)NCCOc3ccccc3)cc2)S(C)(=O)=O)ccc1Br. The highest BCUT2D eigenvalue weighted by Gasteiger charge is 2.19. The number of benzene rings is 3. The molecule has 0 atom stereocenters. The Bertz CT molecular complexity index is 1170. The second-order valence-corrected chi connectivity index (χ2v) is 10.1. The minimum atomic E-state index is -3.49. The van der Waals surface area contributed by atoms with Crippen LogP contribution in [0.2, 0.25) is 0 Å². The van der Waals surface area contributed by atoms with Crippen molar-refractivity contribution in [3.05, 3.63) is 94.0 Å². The van der Waals surface area contributed by atoms with Crippen molar-refractivity contribution in [2.45, 2.75) is 13.5 Å². The number of hydrogen-bond donors (Lipinski definition) is 1. The molecule has 1 N–H and O–H groups in total. The minimum Gasteiger partial charge on any atom is -0.492 e. The van der Waals surface area contributed by atoms with Crippen molar-refractivity contribution in [1.29, 1.82) is 0 Å². The Morgan fingerprint density at radius 3 is 2.34 bits per heavy atom. The van der Waals surface area contributed by atoms with Crippen molar-refractivity contribution in [2.24, 2.45) is 0 Å². The molecule has 0 aliphatic heterocycles. The summed E-state index contributed by atoms with van der Waals surface area (Å²) < 4.78 is 32.6. The van der Waals surface area contributed by atoms with Gasteiger partial charge in [-0.2, -0.15) is 0 Å². The Labute approximate surface area is 197 Å². The lowest BCUT2D eigenvalue weighted by molar-refractivity contribution is 0.0947. The van der Waals surface area contributed by atoms with Crippen molar-refractivity contribution in [3.63, 3.8) is 0 Å². The Morgan fingerprint density at radius 2 is 1.72 bits per heavy atom. The molecule has 0 bridgehead atoms. The van der Waals surface area contributed by atoms with Gasteiger partial charge in [-0.3, -0.25) is 9.10 Å². The maximum absolute atomic E-state index is 12.4. The van der Waals surface area contributed by atoms with E-state index in [2.05, 4.69) is 21.2 Å². The molecule has 6 nitrogen and oxygen atoms in total. The summed E-state index contributed by atoms with van der Waals surface area (Å²) >= 11 is 3.44. The van der Waals surface area contributed by atoms with E-state index in [1.54, 1.807) is 30.3 Å². The van der Waals surface area contributed by atoms with Crippen LogP contribution in [0.15, 0.2) is 77.3 Å². The van der Waals surface area contributed by atoms with Crippen molar-refractivity contribution < 1.29 is 17.9 Å². The summed E-state index contributed by atoms with van der Waals surface area (Å²) in [6, 6.07) is 21.7. The van der Waals surface area contributed by atoms with Crippen LogP contribution >= 0.6 is 15.9 Å². The number of nitrogens with one attached hydrogen (secondary N) is 1. The molecular formula is C24H25BrN2O4S. The van der Waals surface area contributed by atoms with Gasteiger partial charge in [-0.1, -0.05) is 46.3 Å². The zero-order valence-corrected chi connectivity index (χ0v) is 20.3. The number of hydrogen-bond acceptors (Lipinski definition) is 4. The van der Waals surface area contributed by atoms with Crippen LogP contribution in [0.4, 0.5) is 5.69 Å². The minimum absolute atomic E-state index is 0.173. The van der Waals surface area contributed by atoms with Crippen LogP contribution in [0.3, 0.4) is 0 Å². The van der Waals surface area contributed by atoms with Crippen LogP contribution in [0, 0.1) is 6.92 Å². The molecule has 3 aromatic rings. The molecule has 3 aromatic carbocycles. The third kappa shape index (κ3) is 6.58. The number of carbonyl (C=O) groups is 1. The molecule has 0 saturated carbocycles. The first-order valence-electron chi connectivity index (χ1n) is 10.0. The third-order valence-electron chi connectivity index (χ3n) is 4.77. The smallest absolute Gasteiger partial charge is 0.251 e. The highest BCUT2D eigenvalue weighted by Crippen LogP contribution is 2.26. The summed E-state index contributed by atoms with van der Waals surface area (Å²) in [7, 11) is -3.49. The lowest BCUT2D eigenvalue weighted by atomic mass is 10.1. The van der Waals surface area contributed by atoms with E-state index in [0.717, 1.165) is 21.3 Å². The van der Waals surface area contributed by atoms with Gasteiger partial charge < -0.3 is 10.1 Å². The van der Waals surface area contributed by atoms with Crippen LogP contribution < -0.4 is 14.4 Å². The maximum Gasteiger partial charge on any atom is 0.251 e. The van der Waals surface area contributed by atoms with E-state index >= 15 is 0 Å². The lowest BCUT2D eigenvalue weighted by Gasteiger charge is -2.23. The number of sulfonamides is 1. The second-order valence-electron chi connectivity index (χ2n) is 7.32. The summed E-state index contributed by atoms with van der Waals surface area (Å²) in [6.07, 6.45) is 1.18. The van der Waals surface area contributed by atoms with Gasteiger partial charge in [-0.25, -0.2) is 8.42 Å². The molecule has 0 saturated heterocycles. The number of carbonyl (C=O) groups excluding carboxylic acids is 1. The Kier molecular flexibility index (Phi) is 7.93. The first-order valence-corrected chi connectivity index (χ1v) is 12.7. The van der Waals surface area contributed by atoms with Gasteiger partial charge in [-0.05, 0) is 60.5 Å². The molecule has 0 aliphatic rings. The van der Waals surface area contributed by atoms with Crippen molar-refractivity contribution in [3.8, 4) is 5.75 Å². The third-order valence-corrected chi connectivity index (χ3v) is 6.80. The van der Waals surface area contributed by atoms with E-state index in [9.17, 15) is 13.2 Å². The van der Waals surface area contributed by atoms with Crippen LogP contribution in [0.1, 0.15) is 21.5 Å². The molecule has 0 fully saturated rings. The van der Waals surface area contributed by atoms with E-state index < -0.39 is 10.0 Å². The molecule has 0 radical (unpaired) electrons. The maximum atomic E-state index is 12.4. The van der Waals surface area contributed by atoms with Gasteiger partial charge in [0.25, 0.3) is 5.91 Å². The van der Waals surface area contributed by atoms with Gasteiger partial charge in [0.05, 0.1) is 25.0 Å². The first-order chi connectivity index (χ1) is 15.2. The summed E-state index contributed by atoms with van der Waals surface area (Å²) in [4.78, 5) is 12.4. The molecule has 0 spiro atoms. The van der Waals surface area contributed by atoms with Gasteiger partial charge in [0.1, 0.15) is 12.4 Å². The zero-order valence-electron chi connectivity index (χ0n) is 17.9. The molecule has 0 unspecified atom stereocenters. The van der Waals surface area contributed by atoms with Crippen LogP contribution in [0.5, 0.6) is 5.75 Å². The summed E-state index contributed by atoms with van der Waals surface area (Å²) in [5, 5.41) is 2.82. The number of para-hydroxylation sites is 1. The van der Waals surface area contributed by atoms with Crippen molar-refractivity contribution in [1.82, 2.24) is 5.32 Å². The van der Waals surface area contributed by atoms with Gasteiger partial charge in [0, 0.05) is 10.0 Å². The Morgan fingerprint density at radius 1 is 1.03 bits per heavy atom. The lowest BCUT2D eigenvalue weighted by Crippen LogP contribution is -2.29. The van der Waals surface area contributed by atoms with Crippen LogP contribution in [0.25, 0.3) is 0 Å². The molecule has 8 heteroatoms. The van der Waals surface area contributed by atoms with E-state index in [1.165, 1.54) is 10.6 Å². The topological polar surface area (TPSA) is 75.7 Å². The number of aryl methyl sites for hydroxylation is 1. The fraction of sp³-hybridized carbons (Fsp3) is 0.208. The molecule has 0 aliphatic carbocycles. The van der Waals surface area contributed by atoms with Gasteiger partial charge >= 0.3 is 0 Å². The van der Waals surface area contributed by atoms with Gasteiger partial charge in [0.15, 0.2) is 0 Å². The molecule has 3 rings (SSSR count). The average molecular weight is 517 g/mol. The van der Waals surface area contributed by atoms with Gasteiger partial charge in [-0.15, -0.1) is 0 Å². The van der Waals surface area contributed by atoms with Crippen molar-refractivity contribution in [2.75, 3.05) is 23.7 Å². The average Bonchev–Trinajstić information content (AvgIpc) is 2.77. The largest absolute Gasteiger partial charge is 0.492 e. The fourth-order valence-electron chi connectivity index (χ4n) is 3.06. The molecule has 1 amide bonds. The summed E-state index contributed by atoms with van der Waals surface area (Å²) in [5.41, 5.74) is 2.81. The van der Waals surface area contributed by atoms with E-state index in [1.807, 2.05) is 49.4 Å². The standard InChI is InChI=1S/C24H25BrN2O4S/c1-18-16-21(12-13-23(18)25)27(32(2,29)30)17-19-8-10-20(11-9-19)24(28)26-14-15-31-22-6-4-3-5-7-22/h3-13,16H,14-15,17H2,1-2H3,(H,26,28). The highest BCUT2D eigenvalue weighted by atomic mass is 79.9. The fourth-order valence-corrected chi connectivity index (χ4v) is 4.19. The predicted molar refractivity (Wildman–Crippen MR) is 131 cm³/mol. The number of anilines is 1. The number of amides is 1. The first kappa shape index (κ1) is 23.8. The summed E-state index contributed by atoms with van der Waals surface area (Å²) in [6.45, 7) is 2.82.